The van der Waals surface area contributed by atoms with E-state index >= 15 is 0 Å². The number of anilines is 1. The van der Waals surface area contributed by atoms with Crippen molar-refractivity contribution >= 4 is 23.5 Å². The quantitative estimate of drug-likeness (QED) is 0.708. The Morgan fingerprint density at radius 3 is 2.50 bits per heavy atom. The van der Waals surface area contributed by atoms with Gasteiger partial charge in [0.1, 0.15) is 18.0 Å². The summed E-state index contributed by atoms with van der Waals surface area (Å²) in [6, 6.07) is 14.3. The van der Waals surface area contributed by atoms with Crippen molar-refractivity contribution in [2.24, 2.45) is 0 Å². The summed E-state index contributed by atoms with van der Waals surface area (Å²) < 4.78 is 13.7. The van der Waals surface area contributed by atoms with E-state index < -0.39 is 24.1 Å². The predicted molar refractivity (Wildman–Crippen MR) is 133 cm³/mol. The van der Waals surface area contributed by atoms with Gasteiger partial charge in [0.15, 0.2) is 0 Å². The fourth-order valence-electron chi connectivity index (χ4n) is 5.77. The van der Waals surface area contributed by atoms with Crippen molar-refractivity contribution in [2.45, 2.75) is 56.8 Å². The zero-order valence-electron chi connectivity index (χ0n) is 20.5. The molecule has 0 unspecified atom stereocenters. The average Bonchev–Trinajstić information content (AvgIpc) is 2.86. The molecule has 0 radical (unpaired) electrons. The number of nitrogens with zero attached hydrogens (tertiary/aromatic N) is 4. The molecule has 36 heavy (non-hydrogen) atoms. The smallest absolute Gasteiger partial charge is 0.334 e. The molecule has 3 fully saturated rings. The first-order valence-corrected chi connectivity index (χ1v) is 12.6. The summed E-state index contributed by atoms with van der Waals surface area (Å²) >= 11 is 0. The molecule has 2 saturated heterocycles. The Morgan fingerprint density at radius 1 is 1.03 bits per heavy atom. The van der Waals surface area contributed by atoms with Crippen LogP contribution >= 0.6 is 0 Å². The molecule has 9 heteroatoms. The highest BCUT2D eigenvalue weighted by atomic mass is 19.1. The van der Waals surface area contributed by atoms with Gasteiger partial charge in [-0.15, -0.1) is 0 Å². The number of fused-ring (bicyclic) bond motifs is 1. The molecule has 2 atom stereocenters. The fourth-order valence-corrected chi connectivity index (χ4v) is 5.77. The molecule has 1 aliphatic carbocycles. The number of hydrazine groups is 1. The van der Waals surface area contributed by atoms with Crippen LogP contribution in [0.3, 0.4) is 0 Å². The Hall–Kier alpha value is -3.46. The lowest BCUT2D eigenvalue weighted by Crippen LogP contribution is -2.76. The van der Waals surface area contributed by atoms with Gasteiger partial charge < -0.3 is 15.1 Å². The van der Waals surface area contributed by atoms with E-state index in [9.17, 15) is 18.8 Å². The SMILES string of the molecule is CN1CC(=O)N2[C@@H](Cc3ccccc3)C(=O)N(C3CCCCC3)C[C@@H]2N1C(=O)Nc1cccc(F)c1. The summed E-state index contributed by atoms with van der Waals surface area (Å²) in [5.41, 5.74) is 1.29. The van der Waals surface area contributed by atoms with Gasteiger partial charge >= 0.3 is 6.03 Å². The average molecular weight is 494 g/mol. The summed E-state index contributed by atoms with van der Waals surface area (Å²) in [5, 5.41) is 5.86. The van der Waals surface area contributed by atoms with Gasteiger partial charge in [-0.1, -0.05) is 55.7 Å². The van der Waals surface area contributed by atoms with Crippen molar-refractivity contribution in [1.29, 1.82) is 0 Å². The van der Waals surface area contributed by atoms with Gasteiger partial charge in [-0.05, 0) is 36.6 Å². The fraction of sp³-hybridized carbons (Fsp3) is 0.444. The minimum Gasteiger partial charge on any atom is -0.334 e. The van der Waals surface area contributed by atoms with Crippen LogP contribution in [-0.4, -0.2) is 76.0 Å². The molecule has 4 amide bonds. The van der Waals surface area contributed by atoms with Crippen molar-refractivity contribution in [2.75, 3.05) is 25.5 Å². The molecule has 2 aromatic rings. The summed E-state index contributed by atoms with van der Waals surface area (Å²) in [6.45, 7) is 0.219. The van der Waals surface area contributed by atoms with Crippen molar-refractivity contribution in [3.05, 3.63) is 66.0 Å². The minimum atomic E-state index is -0.696. The number of piperazine rings is 1. The van der Waals surface area contributed by atoms with Gasteiger partial charge in [0, 0.05) is 25.2 Å². The molecule has 2 aromatic carbocycles. The van der Waals surface area contributed by atoms with Crippen LogP contribution in [0.5, 0.6) is 0 Å². The van der Waals surface area contributed by atoms with Crippen LogP contribution in [-0.2, 0) is 16.0 Å². The molecule has 0 spiro atoms. The number of nitrogens with one attached hydrogen (secondary N) is 1. The zero-order chi connectivity index (χ0) is 25.2. The first-order chi connectivity index (χ1) is 17.4. The summed E-state index contributed by atoms with van der Waals surface area (Å²) in [5.74, 6) is -0.688. The highest BCUT2D eigenvalue weighted by Crippen LogP contribution is 2.32. The molecule has 2 heterocycles. The number of hydrogen-bond donors (Lipinski definition) is 1. The van der Waals surface area contributed by atoms with E-state index in [2.05, 4.69) is 5.32 Å². The van der Waals surface area contributed by atoms with Gasteiger partial charge in [-0.2, -0.15) is 0 Å². The molecule has 0 bridgehead atoms. The number of carbonyl (C=O) groups is 3. The van der Waals surface area contributed by atoms with Gasteiger partial charge in [-0.3, -0.25) is 9.59 Å². The van der Waals surface area contributed by atoms with E-state index in [1.165, 1.54) is 23.2 Å². The standard InChI is InChI=1S/C27H32FN5O3/c1-30-18-25(34)32-23(15-19-9-4-2-5-10-19)26(35)31(22-13-6-3-7-14-22)17-24(32)33(30)27(36)29-21-12-8-11-20(28)16-21/h2,4-5,8-12,16,22-24H,3,6-7,13-15,17-18H2,1H3,(H,29,36)/t23-,24-/m0/s1. The van der Waals surface area contributed by atoms with Crippen molar-refractivity contribution < 1.29 is 18.8 Å². The lowest BCUT2D eigenvalue weighted by Gasteiger charge is -2.55. The maximum atomic E-state index is 13.9. The summed E-state index contributed by atoms with van der Waals surface area (Å²) in [6.07, 6.45) is 4.87. The van der Waals surface area contributed by atoms with Crippen LogP contribution < -0.4 is 5.32 Å². The number of urea groups is 1. The molecule has 190 valence electrons. The van der Waals surface area contributed by atoms with Crippen LogP contribution in [0.2, 0.25) is 0 Å². The number of rotatable bonds is 4. The number of hydrogen-bond acceptors (Lipinski definition) is 4. The normalized spacial score (nSPS) is 23.6. The summed E-state index contributed by atoms with van der Waals surface area (Å²) in [7, 11) is 1.69. The molecule has 5 rings (SSSR count). The zero-order valence-corrected chi connectivity index (χ0v) is 20.5. The van der Waals surface area contributed by atoms with E-state index in [1.54, 1.807) is 23.0 Å². The molecule has 8 nitrogen and oxygen atoms in total. The van der Waals surface area contributed by atoms with Crippen molar-refractivity contribution in [1.82, 2.24) is 19.8 Å². The second-order valence-corrected chi connectivity index (χ2v) is 9.87. The number of amides is 4. The second kappa shape index (κ2) is 10.3. The van der Waals surface area contributed by atoms with E-state index in [0.29, 0.717) is 12.1 Å². The Kier molecular flexibility index (Phi) is 6.91. The maximum Gasteiger partial charge on any atom is 0.338 e. The highest BCUT2D eigenvalue weighted by molar-refractivity contribution is 5.94. The van der Waals surface area contributed by atoms with Crippen LogP contribution in [0.1, 0.15) is 37.7 Å². The number of halogens is 1. The predicted octanol–water partition coefficient (Wildman–Crippen LogP) is 3.46. The highest BCUT2D eigenvalue weighted by Gasteiger charge is 2.51. The Labute approximate surface area is 210 Å². The van der Waals surface area contributed by atoms with Crippen LogP contribution in [0.4, 0.5) is 14.9 Å². The number of likely N-dealkylation sites (N-methyl/N-ethyl adjacent to an activating group) is 1. The Bertz CT molecular complexity index is 1120. The van der Waals surface area contributed by atoms with Gasteiger partial charge in [0.05, 0.1) is 13.1 Å². The van der Waals surface area contributed by atoms with E-state index in [1.807, 2.05) is 35.2 Å². The topological polar surface area (TPSA) is 76.2 Å². The Morgan fingerprint density at radius 2 is 1.78 bits per heavy atom. The number of carbonyl (C=O) groups excluding carboxylic acids is 3. The van der Waals surface area contributed by atoms with E-state index in [0.717, 1.165) is 37.7 Å². The van der Waals surface area contributed by atoms with Gasteiger partial charge in [-0.25, -0.2) is 19.2 Å². The third kappa shape index (κ3) is 4.80. The lowest BCUT2D eigenvalue weighted by molar-refractivity contribution is -0.188. The third-order valence-corrected chi connectivity index (χ3v) is 7.46. The minimum absolute atomic E-state index is 0.0327. The summed E-state index contributed by atoms with van der Waals surface area (Å²) in [4.78, 5) is 44.2. The first kappa shape index (κ1) is 24.2. The molecule has 3 aliphatic rings. The van der Waals surface area contributed by atoms with Gasteiger partial charge in [0.25, 0.3) is 0 Å². The van der Waals surface area contributed by atoms with Crippen LogP contribution in [0, 0.1) is 5.82 Å². The molecule has 2 aliphatic heterocycles. The molecule has 0 aromatic heterocycles. The molecular formula is C27H32FN5O3. The largest absolute Gasteiger partial charge is 0.338 e. The van der Waals surface area contributed by atoms with Crippen molar-refractivity contribution in [3.63, 3.8) is 0 Å². The van der Waals surface area contributed by atoms with Crippen LogP contribution in [0.15, 0.2) is 54.6 Å². The lowest BCUT2D eigenvalue weighted by atomic mass is 9.91. The monoisotopic (exact) mass is 493 g/mol. The van der Waals surface area contributed by atoms with Crippen molar-refractivity contribution in [3.8, 4) is 0 Å². The maximum absolute atomic E-state index is 13.9. The molecule has 1 N–H and O–H groups in total. The Balaban J connectivity index is 1.48. The first-order valence-electron chi connectivity index (χ1n) is 12.6. The van der Waals surface area contributed by atoms with E-state index in [4.69, 9.17) is 0 Å². The third-order valence-electron chi connectivity index (χ3n) is 7.46. The second-order valence-electron chi connectivity index (χ2n) is 9.87. The molecular weight excluding hydrogens is 461 g/mol. The number of benzene rings is 2. The van der Waals surface area contributed by atoms with Gasteiger partial charge in [0.2, 0.25) is 11.8 Å². The van der Waals surface area contributed by atoms with Crippen LogP contribution in [0.25, 0.3) is 0 Å². The molecule has 1 saturated carbocycles. The van der Waals surface area contributed by atoms with E-state index in [-0.39, 0.29) is 30.9 Å².